The number of halogens is 3. The minimum absolute atomic E-state index is 0.0381. The fourth-order valence-corrected chi connectivity index (χ4v) is 3.45. The molecule has 174 valence electrons. The van der Waals surface area contributed by atoms with Crippen molar-refractivity contribution in [1.82, 2.24) is 4.90 Å². The van der Waals surface area contributed by atoms with Crippen LogP contribution in [0.4, 0.5) is 14.5 Å². The van der Waals surface area contributed by atoms with Crippen LogP contribution in [0.25, 0.3) is 0 Å². The van der Waals surface area contributed by atoms with Gasteiger partial charge in [-0.3, -0.25) is 9.59 Å². The number of carbonyl (C=O) groups is 2. The first-order valence-corrected chi connectivity index (χ1v) is 10.7. The highest BCUT2D eigenvalue weighted by Crippen LogP contribution is 2.24. The Labute approximate surface area is 200 Å². The molecule has 0 unspecified atom stereocenters. The van der Waals surface area contributed by atoms with E-state index in [1.807, 2.05) is 6.07 Å². The molecule has 0 atom stereocenters. The molecule has 0 fully saturated rings. The van der Waals surface area contributed by atoms with Crippen LogP contribution in [-0.2, 0) is 6.54 Å². The van der Waals surface area contributed by atoms with Crippen LogP contribution in [0, 0.1) is 23.0 Å². The standard InChI is InChI=1S/C25H21ClF2N4O2/c26-23-7-6-22(31-24(33)17-4-2-16(14-30)3-5-17)12-19(23)15-32(9-1-8-29)25(34)18-10-20(27)13-21(28)11-18/h2-7,10-13H,1,8-9,15,29H2,(H,31,33). The van der Waals surface area contributed by atoms with Gasteiger partial charge in [0, 0.05) is 41.0 Å². The molecule has 0 saturated carbocycles. The van der Waals surface area contributed by atoms with E-state index in [0.29, 0.717) is 46.4 Å². The normalized spacial score (nSPS) is 10.4. The smallest absolute Gasteiger partial charge is 0.255 e. The molecule has 0 aliphatic heterocycles. The van der Waals surface area contributed by atoms with Crippen LogP contribution >= 0.6 is 11.6 Å². The largest absolute Gasteiger partial charge is 0.334 e. The molecular formula is C25H21ClF2N4O2. The van der Waals surface area contributed by atoms with Crippen molar-refractivity contribution >= 4 is 29.1 Å². The maximum Gasteiger partial charge on any atom is 0.255 e. The van der Waals surface area contributed by atoms with E-state index in [9.17, 15) is 18.4 Å². The van der Waals surface area contributed by atoms with Crippen LogP contribution in [-0.4, -0.2) is 29.8 Å². The summed E-state index contributed by atoms with van der Waals surface area (Å²) in [7, 11) is 0. The van der Waals surface area contributed by atoms with Crippen molar-refractivity contribution < 1.29 is 18.4 Å². The Hall–Kier alpha value is -3.80. The zero-order valence-corrected chi connectivity index (χ0v) is 18.8. The first-order valence-electron chi connectivity index (χ1n) is 10.4. The lowest BCUT2D eigenvalue weighted by atomic mass is 10.1. The predicted molar refractivity (Wildman–Crippen MR) is 125 cm³/mol. The average molecular weight is 483 g/mol. The minimum atomic E-state index is -0.854. The molecule has 3 rings (SSSR count). The summed E-state index contributed by atoms with van der Waals surface area (Å²) in [5, 5.41) is 12.0. The quantitative estimate of drug-likeness (QED) is 0.484. The fraction of sp³-hybridized carbons (Fsp3) is 0.160. The molecule has 9 heteroatoms. The summed E-state index contributed by atoms with van der Waals surface area (Å²) < 4.78 is 27.3. The Bertz CT molecular complexity index is 1220. The molecule has 0 aliphatic rings. The van der Waals surface area contributed by atoms with Crippen molar-refractivity contribution in [2.75, 3.05) is 18.4 Å². The van der Waals surface area contributed by atoms with Gasteiger partial charge in [-0.2, -0.15) is 5.26 Å². The maximum atomic E-state index is 13.6. The molecular weight excluding hydrogens is 462 g/mol. The third kappa shape index (κ3) is 6.38. The molecule has 0 spiro atoms. The van der Waals surface area contributed by atoms with Crippen molar-refractivity contribution in [3.8, 4) is 6.07 Å². The predicted octanol–water partition coefficient (Wildman–Crippen LogP) is 4.73. The summed E-state index contributed by atoms with van der Waals surface area (Å²) in [6, 6.07) is 15.6. The van der Waals surface area contributed by atoms with Crippen molar-refractivity contribution in [3.63, 3.8) is 0 Å². The number of benzene rings is 3. The lowest BCUT2D eigenvalue weighted by Gasteiger charge is -2.24. The molecule has 3 N–H and O–H groups in total. The highest BCUT2D eigenvalue weighted by molar-refractivity contribution is 6.31. The van der Waals surface area contributed by atoms with Crippen LogP contribution in [0.2, 0.25) is 5.02 Å². The van der Waals surface area contributed by atoms with Gasteiger partial charge in [0.15, 0.2) is 0 Å². The first-order chi connectivity index (χ1) is 16.3. The van der Waals surface area contributed by atoms with E-state index in [1.54, 1.807) is 30.3 Å². The summed E-state index contributed by atoms with van der Waals surface area (Å²) in [6.07, 6.45) is 0.469. The van der Waals surface area contributed by atoms with E-state index in [1.165, 1.54) is 17.0 Å². The molecule has 0 aliphatic carbocycles. The third-order valence-electron chi connectivity index (χ3n) is 4.97. The topological polar surface area (TPSA) is 99.2 Å². The SMILES string of the molecule is N#Cc1ccc(C(=O)Nc2ccc(Cl)c(CN(CCCN)C(=O)c3cc(F)cc(F)c3)c2)cc1. The number of rotatable bonds is 8. The number of hydrogen-bond donors (Lipinski definition) is 2. The summed E-state index contributed by atoms with van der Waals surface area (Å²) in [5.74, 6) is -2.67. The minimum Gasteiger partial charge on any atom is -0.334 e. The Morgan fingerprint density at radius 1 is 1.00 bits per heavy atom. The molecule has 34 heavy (non-hydrogen) atoms. The van der Waals surface area contributed by atoms with Crippen molar-refractivity contribution in [2.45, 2.75) is 13.0 Å². The average Bonchev–Trinajstić information content (AvgIpc) is 2.82. The van der Waals surface area contributed by atoms with Gasteiger partial charge >= 0.3 is 0 Å². The molecule has 2 amide bonds. The van der Waals surface area contributed by atoms with Gasteiger partial charge in [-0.05, 0) is 73.1 Å². The summed E-state index contributed by atoms with van der Waals surface area (Å²) >= 11 is 6.34. The van der Waals surface area contributed by atoms with E-state index in [2.05, 4.69) is 5.32 Å². The second kappa shape index (κ2) is 11.4. The second-order valence-electron chi connectivity index (χ2n) is 7.48. The third-order valence-corrected chi connectivity index (χ3v) is 5.34. The number of nitrogens with zero attached hydrogens (tertiary/aromatic N) is 2. The van der Waals surface area contributed by atoms with Crippen LogP contribution in [0.3, 0.4) is 0 Å². The van der Waals surface area contributed by atoms with E-state index in [0.717, 1.165) is 12.1 Å². The summed E-state index contributed by atoms with van der Waals surface area (Å²) in [5.41, 5.74) is 7.23. The van der Waals surface area contributed by atoms with Crippen LogP contribution in [0.5, 0.6) is 0 Å². The van der Waals surface area contributed by atoms with E-state index >= 15 is 0 Å². The molecule has 0 radical (unpaired) electrons. The molecule has 3 aromatic carbocycles. The Balaban J connectivity index is 1.82. The highest BCUT2D eigenvalue weighted by atomic mass is 35.5. The number of nitrogens with two attached hydrogens (primary N) is 1. The molecule has 0 saturated heterocycles. The van der Waals surface area contributed by atoms with Crippen molar-refractivity contribution in [1.29, 1.82) is 5.26 Å². The monoisotopic (exact) mass is 482 g/mol. The number of carbonyl (C=O) groups excluding carboxylic acids is 2. The number of anilines is 1. The zero-order valence-electron chi connectivity index (χ0n) is 18.0. The van der Waals surface area contributed by atoms with Crippen LogP contribution in [0.15, 0.2) is 60.7 Å². The van der Waals surface area contributed by atoms with Gasteiger partial charge in [0.2, 0.25) is 0 Å². The van der Waals surface area contributed by atoms with Gasteiger partial charge < -0.3 is 16.0 Å². The molecule has 0 heterocycles. The van der Waals surface area contributed by atoms with Gasteiger partial charge in [-0.25, -0.2) is 8.78 Å². The Morgan fingerprint density at radius 2 is 1.68 bits per heavy atom. The Kier molecular flexibility index (Phi) is 8.30. The summed E-state index contributed by atoms with van der Waals surface area (Å²) in [6.45, 7) is 0.595. The van der Waals surface area contributed by atoms with Gasteiger partial charge in [0.25, 0.3) is 11.8 Å². The Morgan fingerprint density at radius 3 is 2.29 bits per heavy atom. The molecule has 0 aromatic heterocycles. The number of nitriles is 1. The van der Waals surface area contributed by atoms with Crippen molar-refractivity contribution in [2.24, 2.45) is 5.73 Å². The maximum absolute atomic E-state index is 13.6. The van der Waals surface area contributed by atoms with Gasteiger partial charge in [-0.1, -0.05) is 11.6 Å². The second-order valence-corrected chi connectivity index (χ2v) is 7.88. The molecule has 3 aromatic rings. The fourth-order valence-electron chi connectivity index (χ4n) is 3.27. The van der Waals surface area contributed by atoms with Gasteiger partial charge in [0.1, 0.15) is 11.6 Å². The van der Waals surface area contributed by atoms with Gasteiger partial charge in [-0.15, -0.1) is 0 Å². The van der Waals surface area contributed by atoms with Crippen LogP contribution in [0.1, 0.15) is 38.3 Å². The number of amides is 2. The lowest BCUT2D eigenvalue weighted by Crippen LogP contribution is -2.33. The zero-order chi connectivity index (χ0) is 24.7. The molecule has 6 nitrogen and oxygen atoms in total. The molecule has 0 bridgehead atoms. The summed E-state index contributed by atoms with van der Waals surface area (Å²) in [4.78, 5) is 26.9. The highest BCUT2D eigenvalue weighted by Gasteiger charge is 2.19. The van der Waals surface area contributed by atoms with Crippen LogP contribution < -0.4 is 11.1 Å². The first kappa shape index (κ1) is 24.8. The number of hydrogen-bond acceptors (Lipinski definition) is 4. The van der Waals surface area contributed by atoms with E-state index < -0.39 is 17.5 Å². The van der Waals surface area contributed by atoms with Gasteiger partial charge in [0.05, 0.1) is 11.6 Å². The van der Waals surface area contributed by atoms with Crippen molar-refractivity contribution in [3.05, 3.63) is 99.6 Å². The van der Waals surface area contributed by atoms with E-state index in [4.69, 9.17) is 22.6 Å². The van der Waals surface area contributed by atoms with E-state index in [-0.39, 0.29) is 24.6 Å². The number of nitrogens with one attached hydrogen (secondary N) is 1. The lowest BCUT2D eigenvalue weighted by molar-refractivity contribution is 0.0741.